The van der Waals surface area contributed by atoms with Crippen LogP contribution < -0.4 is 15.4 Å². The molecule has 9 nitrogen and oxygen atoms in total. The molecule has 3 saturated carbocycles. The van der Waals surface area contributed by atoms with Gasteiger partial charge >= 0.3 is 0 Å². The molecule has 2 amide bonds. The number of hydrogen-bond acceptors (Lipinski definition) is 7. The summed E-state index contributed by atoms with van der Waals surface area (Å²) < 4.78 is 35.4. The molecule has 0 radical (unpaired) electrons. The van der Waals surface area contributed by atoms with Crippen LogP contribution in [0.1, 0.15) is 54.8 Å². The first-order chi connectivity index (χ1) is 14.8. The van der Waals surface area contributed by atoms with E-state index in [-0.39, 0.29) is 24.7 Å². The van der Waals surface area contributed by atoms with Crippen molar-refractivity contribution in [3.8, 4) is 5.88 Å². The largest absolute Gasteiger partial charge is 0.468 e. The molecule has 5 rings (SSSR count). The molecule has 1 atom stereocenters. The van der Waals surface area contributed by atoms with Crippen molar-refractivity contribution in [3.05, 3.63) is 41.9 Å². The number of carbonyl (C=O) groups excluding carboxylic acids is 2. The van der Waals surface area contributed by atoms with E-state index in [0.717, 1.165) is 6.07 Å². The van der Waals surface area contributed by atoms with Gasteiger partial charge in [0.05, 0.1) is 11.6 Å². The Morgan fingerprint density at radius 2 is 2.03 bits per heavy atom. The lowest BCUT2D eigenvalue weighted by Crippen LogP contribution is -2.70. The van der Waals surface area contributed by atoms with Gasteiger partial charge in [-0.05, 0) is 38.2 Å². The van der Waals surface area contributed by atoms with E-state index < -0.39 is 35.2 Å². The SMILES string of the molecule is O=C(COc1ccccn1)NC12CCC(NC(=O)c3cc(C(F)F)no3)(CC1)C[C@@H]2O. The van der Waals surface area contributed by atoms with Crippen LogP contribution in [0.5, 0.6) is 5.88 Å². The lowest BCUT2D eigenvalue weighted by Gasteiger charge is -2.56. The van der Waals surface area contributed by atoms with E-state index >= 15 is 0 Å². The number of rotatable bonds is 7. The molecule has 166 valence electrons. The van der Waals surface area contributed by atoms with E-state index in [2.05, 4.69) is 20.8 Å². The van der Waals surface area contributed by atoms with Crippen molar-refractivity contribution in [1.29, 1.82) is 0 Å². The molecule has 2 heterocycles. The molecule has 11 heteroatoms. The van der Waals surface area contributed by atoms with Crippen LogP contribution in [0.4, 0.5) is 8.78 Å². The molecule has 3 aliphatic carbocycles. The summed E-state index contributed by atoms with van der Waals surface area (Å²) in [6.07, 6.45) is -0.0409. The number of halogens is 2. The summed E-state index contributed by atoms with van der Waals surface area (Å²) in [5.41, 5.74) is -2.11. The Labute approximate surface area is 176 Å². The van der Waals surface area contributed by atoms with Gasteiger partial charge in [0, 0.05) is 23.9 Å². The van der Waals surface area contributed by atoms with Gasteiger partial charge in [0.25, 0.3) is 18.2 Å². The van der Waals surface area contributed by atoms with Gasteiger partial charge < -0.3 is 25.0 Å². The molecule has 2 aromatic heterocycles. The summed E-state index contributed by atoms with van der Waals surface area (Å²) in [5, 5.41) is 19.6. The standard InChI is InChI=1S/C20H22F2N4O5/c21-17(22)12-9-13(31-26-12)18(29)25-19-4-6-20(7-5-19,14(27)10-19)24-15(28)11-30-16-3-1-2-8-23-16/h1-3,8-9,14,17,27H,4-7,10-11H2,(H,24,28)(H,25,29)/t14-,19?,20?/m0/s1. The predicted octanol–water partition coefficient (Wildman–Crippen LogP) is 1.75. The van der Waals surface area contributed by atoms with Gasteiger partial charge in [-0.1, -0.05) is 11.2 Å². The quantitative estimate of drug-likeness (QED) is 0.604. The molecular formula is C20H22F2N4O5. The zero-order valence-electron chi connectivity index (χ0n) is 16.5. The second-order valence-electron chi connectivity index (χ2n) is 8.03. The first-order valence-corrected chi connectivity index (χ1v) is 9.91. The minimum absolute atomic E-state index is 0.218. The van der Waals surface area contributed by atoms with Crippen molar-refractivity contribution >= 4 is 11.8 Å². The number of carbonyl (C=O) groups is 2. The maximum absolute atomic E-state index is 12.7. The zero-order valence-corrected chi connectivity index (χ0v) is 16.5. The van der Waals surface area contributed by atoms with E-state index in [1.807, 2.05) is 0 Å². The first-order valence-electron chi connectivity index (χ1n) is 9.91. The first kappa shape index (κ1) is 21.2. The highest BCUT2D eigenvalue weighted by Gasteiger charge is 2.55. The molecule has 0 aliphatic heterocycles. The Bertz CT molecular complexity index is 944. The number of aromatic nitrogens is 2. The topological polar surface area (TPSA) is 127 Å². The van der Waals surface area contributed by atoms with E-state index in [0.29, 0.717) is 31.6 Å². The number of nitrogens with zero attached hydrogens (tertiary/aromatic N) is 2. The number of hydrogen-bond donors (Lipinski definition) is 3. The van der Waals surface area contributed by atoms with E-state index in [9.17, 15) is 23.5 Å². The monoisotopic (exact) mass is 436 g/mol. The smallest absolute Gasteiger partial charge is 0.290 e. The molecule has 3 fully saturated rings. The Hall–Kier alpha value is -3.08. The Balaban J connectivity index is 1.34. The highest BCUT2D eigenvalue weighted by molar-refractivity contribution is 5.92. The number of nitrogens with one attached hydrogen (secondary N) is 2. The number of aliphatic hydroxyl groups is 1. The number of amides is 2. The molecule has 0 aromatic carbocycles. The van der Waals surface area contributed by atoms with Crippen molar-refractivity contribution in [2.24, 2.45) is 0 Å². The van der Waals surface area contributed by atoms with Gasteiger partial charge in [-0.25, -0.2) is 13.8 Å². The van der Waals surface area contributed by atoms with Crippen molar-refractivity contribution in [3.63, 3.8) is 0 Å². The highest BCUT2D eigenvalue weighted by Crippen LogP contribution is 2.47. The zero-order chi connectivity index (χ0) is 22.1. The van der Waals surface area contributed by atoms with E-state index in [1.54, 1.807) is 24.4 Å². The molecule has 0 spiro atoms. The Kier molecular flexibility index (Phi) is 5.61. The van der Waals surface area contributed by atoms with Gasteiger partial charge in [0.15, 0.2) is 12.3 Å². The summed E-state index contributed by atoms with van der Waals surface area (Å²) in [6, 6.07) is 6.02. The molecular weight excluding hydrogens is 414 g/mol. The van der Waals surface area contributed by atoms with Crippen LogP contribution in [0.2, 0.25) is 0 Å². The fourth-order valence-electron chi connectivity index (χ4n) is 4.35. The molecule has 3 N–H and O–H groups in total. The van der Waals surface area contributed by atoms with Gasteiger partial charge in [-0.2, -0.15) is 0 Å². The van der Waals surface area contributed by atoms with Crippen LogP contribution in [-0.2, 0) is 4.79 Å². The van der Waals surface area contributed by atoms with Crippen LogP contribution in [-0.4, -0.2) is 50.9 Å². The third-order valence-electron chi connectivity index (χ3n) is 6.05. The second-order valence-corrected chi connectivity index (χ2v) is 8.03. The summed E-state index contributed by atoms with van der Waals surface area (Å²) in [5.74, 6) is -1.01. The minimum atomic E-state index is -2.83. The van der Waals surface area contributed by atoms with E-state index in [4.69, 9.17) is 9.26 Å². The van der Waals surface area contributed by atoms with Crippen molar-refractivity contribution < 1.29 is 32.7 Å². The molecule has 0 saturated heterocycles. The maximum Gasteiger partial charge on any atom is 0.290 e. The van der Waals surface area contributed by atoms with Gasteiger partial charge in [0.1, 0.15) is 0 Å². The van der Waals surface area contributed by atoms with Crippen LogP contribution in [0.3, 0.4) is 0 Å². The third kappa shape index (κ3) is 4.36. The third-order valence-corrected chi connectivity index (χ3v) is 6.05. The average molecular weight is 436 g/mol. The predicted molar refractivity (Wildman–Crippen MR) is 101 cm³/mol. The molecule has 31 heavy (non-hydrogen) atoms. The number of pyridine rings is 1. The molecule has 3 aliphatic rings. The van der Waals surface area contributed by atoms with Gasteiger partial charge in [-0.15, -0.1) is 0 Å². The van der Waals surface area contributed by atoms with Crippen LogP contribution in [0, 0.1) is 0 Å². The highest BCUT2D eigenvalue weighted by atomic mass is 19.3. The van der Waals surface area contributed by atoms with Crippen LogP contribution in [0.15, 0.2) is 35.0 Å². The number of ether oxygens (including phenoxy) is 1. The summed E-state index contributed by atoms with van der Waals surface area (Å²) in [6.45, 7) is -0.231. The molecule has 2 aromatic rings. The maximum atomic E-state index is 12.7. The Morgan fingerprint density at radius 1 is 1.26 bits per heavy atom. The lowest BCUT2D eigenvalue weighted by atomic mass is 9.60. The van der Waals surface area contributed by atoms with Crippen molar-refractivity contribution in [2.45, 2.75) is 55.7 Å². The number of aliphatic hydroxyl groups excluding tert-OH is 1. The average Bonchev–Trinajstić information content (AvgIpc) is 3.25. The fourth-order valence-corrected chi connectivity index (χ4v) is 4.35. The van der Waals surface area contributed by atoms with Crippen LogP contribution in [0.25, 0.3) is 0 Å². The number of alkyl halides is 2. The minimum Gasteiger partial charge on any atom is -0.468 e. The van der Waals surface area contributed by atoms with Crippen molar-refractivity contribution in [2.75, 3.05) is 6.61 Å². The van der Waals surface area contributed by atoms with Gasteiger partial charge in [-0.3, -0.25) is 9.59 Å². The van der Waals surface area contributed by atoms with Crippen molar-refractivity contribution in [1.82, 2.24) is 20.8 Å². The van der Waals surface area contributed by atoms with E-state index in [1.165, 1.54) is 0 Å². The summed E-state index contributed by atoms with van der Waals surface area (Å²) in [4.78, 5) is 28.8. The fraction of sp³-hybridized carbons (Fsp3) is 0.500. The molecule has 0 unspecified atom stereocenters. The number of fused-ring (bicyclic) bond motifs is 3. The lowest BCUT2D eigenvalue weighted by molar-refractivity contribution is -0.132. The molecule has 2 bridgehead atoms. The van der Waals surface area contributed by atoms with Crippen LogP contribution >= 0.6 is 0 Å². The summed E-state index contributed by atoms with van der Waals surface area (Å²) >= 11 is 0. The summed E-state index contributed by atoms with van der Waals surface area (Å²) in [7, 11) is 0. The Morgan fingerprint density at radius 3 is 2.65 bits per heavy atom. The second kappa shape index (κ2) is 8.22. The van der Waals surface area contributed by atoms with Gasteiger partial charge in [0.2, 0.25) is 11.6 Å². The normalized spacial score (nSPS) is 27.2.